The number of hydrogen-bond acceptors (Lipinski definition) is 7. The third-order valence-electron chi connectivity index (χ3n) is 3.67. The number of nitrogens with zero attached hydrogens (tertiary/aromatic N) is 5. The molecular formula is C14H19N5O2. The minimum atomic E-state index is 0.180. The van der Waals surface area contributed by atoms with Crippen LogP contribution in [0.3, 0.4) is 0 Å². The Morgan fingerprint density at radius 1 is 1.24 bits per heavy atom. The van der Waals surface area contributed by atoms with Gasteiger partial charge in [0, 0.05) is 25.5 Å². The Balaban J connectivity index is 1.46. The van der Waals surface area contributed by atoms with Crippen LogP contribution in [0.2, 0.25) is 0 Å². The lowest BCUT2D eigenvalue weighted by Crippen LogP contribution is -2.38. The summed E-state index contributed by atoms with van der Waals surface area (Å²) in [5.41, 5.74) is 1.12. The molecule has 3 heterocycles. The fourth-order valence-electron chi connectivity index (χ4n) is 2.38. The molecule has 0 N–H and O–H groups in total. The van der Waals surface area contributed by atoms with E-state index in [0.29, 0.717) is 6.01 Å². The lowest BCUT2D eigenvalue weighted by Gasteiger charge is -2.30. The summed E-state index contributed by atoms with van der Waals surface area (Å²) in [6.07, 6.45) is 8.05. The lowest BCUT2D eigenvalue weighted by atomic mass is 10.1. The van der Waals surface area contributed by atoms with Crippen LogP contribution in [0, 0.1) is 0 Å². The van der Waals surface area contributed by atoms with Crippen molar-refractivity contribution in [1.29, 1.82) is 0 Å². The molecule has 0 radical (unpaired) electrons. The fraction of sp³-hybridized carbons (Fsp3) is 0.571. The van der Waals surface area contributed by atoms with Gasteiger partial charge in [0.2, 0.25) is 6.39 Å². The summed E-state index contributed by atoms with van der Waals surface area (Å²) in [5, 5.41) is 3.83. The van der Waals surface area contributed by atoms with Gasteiger partial charge in [-0.1, -0.05) is 12.1 Å². The first-order chi connectivity index (χ1) is 10.3. The SMILES string of the molecule is CCc1cnc(OC2CCN(Cc3ncon3)CC2)nc1. The molecule has 0 atom stereocenters. The summed E-state index contributed by atoms with van der Waals surface area (Å²) in [6.45, 7) is 4.71. The van der Waals surface area contributed by atoms with Gasteiger partial charge in [-0.2, -0.15) is 4.98 Å². The highest BCUT2D eigenvalue weighted by molar-refractivity contribution is 5.07. The molecule has 0 aromatic carbocycles. The van der Waals surface area contributed by atoms with Gasteiger partial charge in [-0.3, -0.25) is 4.90 Å². The highest BCUT2D eigenvalue weighted by atomic mass is 16.5. The standard InChI is InChI=1S/C14H19N5O2/c1-2-11-7-15-14(16-8-11)21-12-3-5-19(6-4-12)9-13-17-10-20-18-13/h7-8,10,12H,2-6,9H2,1H3. The topological polar surface area (TPSA) is 77.2 Å². The van der Waals surface area contributed by atoms with Gasteiger partial charge in [-0.05, 0) is 24.8 Å². The van der Waals surface area contributed by atoms with Crippen LogP contribution in [-0.4, -0.2) is 44.2 Å². The summed E-state index contributed by atoms with van der Waals surface area (Å²) in [5.74, 6) is 0.729. The molecule has 7 heteroatoms. The molecule has 1 aliphatic heterocycles. The van der Waals surface area contributed by atoms with Crippen molar-refractivity contribution >= 4 is 0 Å². The molecule has 0 unspecified atom stereocenters. The van der Waals surface area contributed by atoms with E-state index in [9.17, 15) is 0 Å². The number of hydrogen-bond donors (Lipinski definition) is 0. The van der Waals surface area contributed by atoms with E-state index in [1.165, 1.54) is 6.39 Å². The normalized spacial score (nSPS) is 17.0. The molecule has 3 rings (SSSR count). The molecule has 0 saturated carbocycles. The van der Waals surface area contributed by atoms with Crippen molar-refractivity contribution < 1.29 is 9.26 Å². The zero-order valence-electron chi connectivity index (χ0n) is 12.1. The van der Waals surface area contributed by atoms with Crippen LogP contribution in [0.5, 0.6) is 6.01 Å². The van der Waals surface area contributed by atoms with Crippen LogP contribution in [0.1, 0.15) is 31.2 Å². The summed E-state index contributed by atoms with van der Waals surface area (Å²) in [6, 6.07) is 0.476. The van der Waals surface area contributed by atoms with Crippen LogP contribution in [-0.2, 0) is 13.0 Å². The van der Waals surface area contributed by atoms with Crippen molar-refractivity contribution in [2.45, 2.75) is 38.8 Å². The van der Waals surface area contributed by atoms with Gasteiger partial charge >= 0.3 is 6.01 Å². The predicted molar refractivity (Wildman–Crippen MR) is 74.6 cm³/mol. The van der Waals surface area contributed by atoms with Crippen LogP contribution >= 0.6 is 0 Å². The van der Waals surface area contributed by atoms with E-state index in [-0.39, 0.29) is 6.10 Å². The third-order valence-corrected chi connectivity index (χ3v) is 3.67. The average Bonchev–Trinajstić information content (AvgIpc) is 3.03. The average molecular weight is 289 g/mol. The number of ether oxygens (including phenoxy) is 1. The maximum atomic E-state index is 5.84. The van der Waals surface area contributed by atoms with Crippen LogP contribution in [0.4, 0.5) is 0 Å². The van der Waals surface area contributed by atoms with Crippen molar-refractivity contribution in [3.8, 4) is 6.01 Å². The number of rotatable bonds is 5. The van der Waals surface area contributed by atoms with Crippen LogP contribution < -0.4 is 4.74 Å². The number of aromatic nitrogens is 4. The van der Waals surface area contributed by atoms with Crippen molar-refractivity contribution in [3.63, 3.8) is 0 Å². The van der Waals surface area contributed by atoms with Gasteiger partial charge in [0.15, 0.2) is 5.82 Å². The molecule has 7 nitrogen and oxygen atoms in total. The summed E-state index contributed by atoms with van der Waals surface area (Å²) >= 11 is 0. The largest absolute Gasteiger partial charge is 0.460 e. The molecule has 21 heavy (non-hydrogen) atoms. The number of piperidine rings is 1. The number of likely N-dealkylation sites (tertiary alicyclic amines) is 1. The Hall–Kier alpha value is -2.02. The van der Waals surface area contributed by atoms with Gasteiger partial charge in [-0.25, -0.2) is 9.97 Å². The molecular weight excluding hydrogens is 270 g/mol. The molecule has 0 aliphatic carbocycles. The highest BCUT2D eigenvalue weighted by Crippen LogP contribution is 2.17. The third kappa shape index (κ3) is 3.75. The molecule has 0 amide bonds. The van der Waals surface area contributed by atoms with E-state index >= 15 is 0 Å². The van der Waals surface area contributed by atoms with E-state index in [4.69, 9.17) is 9.26 Å². The van der Waals surface area contributed by atoms with E-state index in [0.717, 1.165) is 50.3 Å². The van der Waals surface area contributed by atoms with E-state index < -0.39 is 0 Å². The zero-order valence-corrected chi connectivity index (χ0v) is 12.1. The van der Waals surface area contributed by atoms with E-state index in [1.807, 2.05) is 12.4 Å². The molecule has 0 bridgehead atoms. The molecule has 112 valence electrons. The van der Waals surface area contributed by atoms with Gasteiger partial charge in [-0.15, -0.1) is 0 Å². The first-order valence-corrected chi connectivity index (χ1v) is 7.28. The maximum absolute atomic E-state index is 5.84. The molecule has 2 aromatic rings. The Morgan fingerprint density at radius 2 is 2.00 bits per heavy atom. The molecule has 1 aliphatic rings. The Labute approximate surface area is 123 Å². The quantitative estimate of drug-likeness (QED) is 0.824. The van der Waals surface area contributed by atoms with Gasteiger partial charge < -0.3 is 9.26 Å². The molecule has 1 saturated heterocycles. The van der Waals surface area contributed by atoms with Gasteiger partial charge in [0.25, 0.3) is 0 Å². The number of aryl methyl sites for hydroxylation is 1. The monoisotopic (exact) mass is 289 g/mol. The van der Waals surface area contributed by atoms with Crippen molar-refractivity contribution in [3.05, 3.63) is 30.2 Å². The second-order valence-electron chi connectivity index (χ2n) is 5.17. The molecule has 2 aromatic heterocycles. The second-order valence-corrected chi connectivity index (χ2v) is 5.17. The maximum Gasteiger partial charge on any atom is 0.316 e. The van der Waals surface area contributed by atoms with Gasteiger partial charge in [0.05, 0.1) is 6.54 Å². The lowest BCUT2D eigenvalue weighted by molar-refractivity contribution is 0.0875. The summed E-state index contributed by atoms with van der Waals surface area (Å²) < 4.78 is 10.6. The predicted octanol–water partition coefficient (Wildman–Crippen LogP) is 1.47. The summed E-state index contributed by atoms with van der Waals surface area (Å²) in [4.78, 5) is 14.8. The highest BCUT2D eigenvalue weighted by Gasteiger charge is 2.22. The Kier molecular flexibility index (Phi) is 4.40. The minimum Gasteiger partial charge on any atom is -0.460 e. The van der Waals surface area contributed by atoms with Crippen LogP contribution in [0.15, 0.2) is 23.3 Å². The van der Waals surface area contributed by atoms with Crippen molar-refractivity contribution in [2.75, 3.05) is 13.1 Å². The van der Waals surface area contributed by atoms with Crippen LogP contribution in [0.25, 0.3) is 0 Å². The molecule has 0 spiro atoms. The van der Waals surface area contributed by atoms with Crippen molar-refractivity contribution in [2.24, 2.45) is 0 Å². The second kappa shape index (κ2) is 6.62. The van der Waals surface area contributed by atoms with E-state index in [2.05, 4.69) is 31.9 Å². The molecule has 1 fully saturated rings. The first kappa shape index (κ1) is 13.9. The van der Waals surface area contributed by atoms with Crippen molar-refractivity contribution in [1.82, 2.24) is 25.0 Å². The zero-order chi connectivity index (χ0) is 14.5. The van der Waals surface area contributed by atoms with E-state index in [1.54, 1.807) is 0 Å². The minimum absolute atomic E-state index is 0.180. The van der Waals surface area contributed by atoms with Gasteiger partial charge in [0.1, 0.15) is 6.10 Å². The smallest absolute Gasteiger partial charge is 0.316 e. The Bertz CT molecular complexity index is 535. The fourth-order valence-corrected chi connectivity index (χ4v) is 2.38. The Morgan fingerprint density at radius 3 is 2.62 bits per heavy atom. The first-order valence-electron chi connectivity index (χ1n) is 7.28. The summed E-state index contributed by atoms with van der Waals surface area (Å²) in [7, 11) is 0.